The first-order chi connectivity index (χ1) is 18.1. The molecule has 0 N–H and O–H groups in total. The van der Waals surface area contributed by atoms with E-state index >= 15 is 0 Å². The van der Waals surface area contributed by atoms with Crippen LogP contribution in [0.1, 0.15) is 47.7 Å². The van der Waals surface area contributed by atoms with Crippen LogP contribution in [0.4, 0.5) is 5.69 Å². The van der Waals surface area contributed by atoms with Crippen LogP contribution >= 0.6 is 0 Å². The second-order valence-corrected chi connectivity index (χ2v) is 9.91. The van der Waals surface area contributed by atoms with Crippen molar-refractivity contribution in [2.45, 2.75) is 52.0 Å². The number of carbonyl (C=O) groups excluding carboxylic acids is 1. The summed E-state index contributed by atoms with van der Waals surface area (Å²) in [5.74, 6) is 2.20. The van der Waals surface area contributed by atoms with Crippen molar-refractivity contribution >= 4 is 22.6 Å². The Kier molecular flexibility index (Phi) is 7.40. The van der Waals surface area contributed by atoms with Crippen molar-refractivity contribution in [3.05, 3.63) is 102 Å². The molecule has 190 valence electrons. The molecule has 1 saturated heterocycles. The molecule has 0 radical (unpaired) electrons. The zero-order chi connectivity index (χ0) is 25.8. The minimum atomic E-state index is 0.0703. The van der Waals surface area contributed by atoms with Gasteiger partial charge in [0.15, 0.2) is 0 Å². The smallest absolute Gasteiger partial charge is 0.227 e. The lowest BCUT2D eigenvalue weighted by Crippen LogP contribution is -2.26. The highest BCUT2D eigenvalue weighted by Gasteiger charge is 2.35. The Morgan fingerprint density at radius 1 is 1.00 bits per heavy atom. The number of carbonyl (C=O) groups is 1. The second-order valence-electron chi connectivity index (χ2n) is 9.91. The minimum Gasteiger partial charge on any atom is -0.493 e. The Morgan fingerprint density at radius 3 is 2.57 bits per heavy atom. The van der Waals surface area contributed by atoms with Crippen LogP contribution in [0.5, 0.6) is 5.75 Å². The number of allylic oxidation sites excluding steroid dienone is 1. The highest BCUT2D eigenvalue weighted by Crippen LogP contribution is 2.36. The van der Waals surface area contributed by atoms with Gasteiger partial charge in [0.2, 0.25) is 5.91 Å². The summed E-state index contributed by atoms with van der Waals surface area (Å²) in [7, 11) is 0. The van der Waals surface area contributed by atoms with Gasteiger partial charge in [0.05, 0.1) is 17.6 Å². The van der Waals surface area contributed by atoms with E-state index in [0.29, 0.717) is 19.6 Å². The van der Waals surface area contributed by atoms with Gasteiger partial charge in [-0.2, -0.15) is 0 Å². The third-order valence-electron chi connectivity index (χ3n) is 7.25. The largest absolute Gasteiger partial charge is 0.493 e. The van der Waals surface area contributed by atoms with Gasteiger partial charge in [-0.1, -0.05) is 54.6 Å². The van der Waals surface area contributed by atoms with Crippen LogP contribution < -0.4 is 9.64 Å². The third-order valence-corrected chi connectivity index (χ3v) is 7.25. The zero-order valence-electron chi connectivity index (χ0n) is 21.8. The number of anilines is 1. The van der Waals surface area contributed by atoms with E-state index in [0.717, 1.165) is 65.2 Å². The number of ether oxygens (including phenoxy) is 1. The molecule has 2 heterocycles. The molecule has 1 aliphatic heterocycles. The van der Waals surface area contributed by atoms with Crippen LogP contribution in [-0.2, 0) is 17.8 Å². The molecule has 37 heavy (non-hydrogen) atoms. The number of benzene rings is 3. The number of para-hydroxylation sites is 4. The minimum absolute atomic E-state index is 0.0703. The Labute approximate surface area is 219 Å². The lowest BCUT2D eigenvalue weighted by atomic mass is 10.1. The predicted octanol–water partition coefficient (Wildman–Crippen LogP) is 6.76. The molecule has 1 unspecified atom stereocenters. The van der Waals surface area contributed by atoms with Gasteiger partial charge in [0, 0.05) is 31.1 Å². The van der Waals surface area contributed by atoms with Crippen LogP contribution in [0.2, 0.25) is 0 Å². The van der Waals surface area contributed by atoms with E-state index < -0.39 is 0 Å². The highest BCUT2D eigenvalue weighted by atomic mass is 16.5. The molecule has 3 aromatic carbocycles. The monoisotopic (exact) mass is 493 g/mol. The molecule has 5 heteroatoms. The van der Waals surface area contributed by atoms with E-state index in [2.05, 4.69) is 61.4 Å². The summed E-state index contributed by atoms with van der Waals surface area (Å²) in [4.78, 5) is 20.2. The quantitative estimate of drug-likeness (QED) is 0.181. The number of hydrogen-bond acceptors (Lipinski definition) is 3. The molecule has 1 atom stereocenters. The van der Waals surface area contributed by atoms with Gasteiger partial charge in [-0.25, -0.2) is 4.98 Å². The summed E-state index contributed by atoms with van der Waals surface area (Å²) < 4.78 is 8.43. The number of nitrogens with zero attached hydrogens (tertiary/aromatic N) is 3. The maximum atomic E-state index is 13.2. The van der Waals surface area contributed by atoms with Gasteiger partial charge in [0.25, 0.3) is 0 Å². The van der Waals surface area contributed by atoms with Gasteiger partial charge in [-0.15, -0.1) is 6.58 Å². The third kappa shape index (κ3) is 5.17. The summed E-state index contributed by atoms with van der Waals surface area (Å²) in [5, 5.41) is 0. The first kappa shape index (κ1) is 24.8. The molecule has 0 saturated carbocycles. The summed E-state index contributed by atoms with van der Waals surface area (Å²) in [5.41, 5.74) is 6.61. The zero-order valence-corrected chi connectivity index (χ0v) is 21.8. The second kappa shape index (κ2) is 11.0. The molecule has 1 amide bonds. The number of aromatic nitrogens is 2. The molecular formula is C32H35N3O2. The van der Waals surface area contributed by atoms with Gasteiger partial charge in [-0.05, 0) is 68.0 Å². The molecule has 1 aliphatic rings. The predicted molar refractivity (Wildman–Crippen MR) is 150 cm³/mol. The Hall–Kier alpha value is -3.86. The van der Waals surface area contributed by atoms with Crippen LogP contribution in [0, 0.1) is 13.8 Å². The fourth-order valence-electron chi connectivity index (χ4n) is 5.49. The lowest BCUT2D eigenvalue weighted by Gasteiger charge is -2.21. The molecule has 4 aromatic rings. The summed E-state index contributed by atoms with van der Waals surface area (Å²) >= 11 is 0. The highest BCUT2D eigenvalue weighted by molar-refractivity contribution is 5.98. The lowest BCUT2D eigenvalue weighted by molar-refractivity contribution is -0.117. The summed E-state index contributed by atoms with van der Waals surface area (Å²) in [6, 6.07) is 22.7. The molecule has 5 nitrogen and oxygen atoms in total. The van der Waals surface area contributed by atoms with E-state index in [9.17, 15) is 4.79 Å². The molecule has 1 aromatic heterocycles. The SMILES string of the molecule is C=CCc1ccccc1OCCCCn1c(C2CC(=O)N(c3c(C)cccc3C)C2)nc2ccccc21. The van der Waals surface area contributed by atoms with Crippen molar-refractivity contribution in [3.63, 3.8) is 0 Å². The first-order valence-electron chi connectivity index (χ1n) is 13.2. The number of rotatable bonds is 10. The first-order valence-corrected chi connectivity index (χ1v) is 13.2. The number of hydrogen-bond donors (Lipinski definition) is 0. The van der Waals surface area contributed by atoms with Crippen molar-refractivity contribution in [2.75, 3.05) is 18.1 Å². The fourth-order valence-corrected chi connectivity index (χ4v) is 5.49. The van der Waals surface area contributed by atoms with Gasteiger partial charge in [0.1, 0.15) is 11.6 Å². The molecule has 0 bridgehead atoms. The molecule has 0 spiro atoms. The average Bonchev–Trinajstić information content (AvgIpc) is 3.45. The van der Waals surface area contributed by atoms with Crippen LogP contribution in [-0.4, -0.2) is 28.6 Å². The normalized spacial score (nSPS) is 15.5. The maximum Gasteiger partial charge on any atom is 0.227 e. The van der Waals surface area contributed by atoms with E-state index in [1.165, 1.54) is 5.56 Å². The van der Waals surface area contributed by atoms with E-state index in [1.807, 2.05) is 41.3 Å². The van der Waals surface area contributed by atoms with Gasteiger partial charge < -0.3 is 14.2 Å². The Bertz CT molecular complexity index is 1400. The van der Waals surface area contributed by atoms with Crippen LogP contribution in [0.3, 0.4) is 0 Å². The standard InChI is InChI=1S/C32H35N3O2/c1-4-12-25-15-5-8-18-29(25)37-20-10-9-19-34-28-17-7-6-16-27(28)33-32(34)26-21-30(36)35(22-26)31-23(2)13-11-14-24(31)3/h4-8,11,13-18,26H,1,9-10,12,19-22H2,2-3H3. The fraction of sp³-hybridized carbons (Fsp3) is 0.312. The number of imidazole rings is 1. The van der Waals surface area contributed by atoms with Crippen molar-refractivity contribution in [3.8, 4) is 5.75 Å². The maximum absolute atomic E-state index is 13.2. The summed E-state index contributed by atoms with van der Waals surface area (Å²) in [6.07, 6.45) is 5.11. The average molecular weight is 494 g/mol. The number of unbranched alkanes of at least 4 members (excludes halogenated alkanes) is 1. The van der Waals surface area contributed by atoms with E-state index in [1.54, 1.807) is 0 Å². The topological polar surface area (TPSA) is 47.4 Å². The number of fused-ring (bicyclic) bond motifs is 1. The van der Waals surface area contributed by atoms with E-state index in [4.69, 9.17) is 9.72 Å². The molecular weight excluding hydrogens is 458 g/mol. The number of amides is 1. The van der Waals surface area contributed by atoms with Crippen LogP contribution in [0.25, 0.3) is 11.0 Å². The summed E-state index contributed by atoms with van der Waals surface area (Å²) in [6.45, 7) is 10.2. The van der Waals surface area contributed by atoms with Crippen molar-refractivity contribution in [1.82, 2.24) is 9.55 Å². The van der Waals surface area contributed by atoms with E-state index in [-0.39, 0.29) is 11.8 Å². The van der Waals surface area contributed by atoms with Gasteiger partial charge in [-0.3, -0.25) is 4.79 Å². The molecule has 5 rings (SSSR count). The molecule has 0 aliphatic carbocycles. The molecule has 1 fully saturated rings. The van der Waals surface area contributed by atoms with Crippen molar-refractivity contribution < 1.29 is 9.53 Å². The van der Waals surface area contributed by atoms with Crippen molar-refractivity contribution in [1.29, 1.82) is 0 Å². The number of aryl methyl sites for hydroxylation is 3. The van der Waals surface area contributed by atoms with Crippen molar-refractivity contribution in [2.24, 2.45) is 0 Å². The Balaban J connectivity index is 1.30. The van der Waals surface area contributed by atoms with Gasteiger partial charge >= 0.3 is 0 Å². The van der Waals surface area contributed by atoms with Crippen LogP contribution in [0.15, 0.2) is 79.4 Å². The Morgan fingerprint density at radius 2 is 1.76 bits per heavy atom.